The van der Waals surface area contributed by atoms with E-state index >= 15 is 0 Å². The minimum absolute atomic E-state index is 0.0975. The van der Waals surface area contributed by atoms with Crippen molar-refractivity contribution in [2.45, 2.75) is 53.1 Å². The second-order valence-electron chi connectivity index (χ2n) is 7.22. The van der Waals surface area contributed by atoms with Gasteiger partial charge in [0.05, 0.1) is 6.10 Å². The number of carbonyl (C=O) groups is 1. The molecule has 0 heterocycles. The fourth-order valence-corrected chi connectivity index (χ4v) is 5.50. The molecule has 0 N–H and O–H groups in total. The van der Waals surface area contributed by atoms with Gasteiger partial charge in [-0.1, -0.05) is 27.7 Å². The molecule has 5 atom stereocenters. The molecule has 0 aromatic carbocycles. The van der Waals surface area contributed by atoms with Gasteiger partial charge in [0.2, 0.25) is 0 Å². The molecule has 3 saturated carbocycles. The number of carbonyl (C=O) groups excluding carboxylic acids is 1. The average molecular weight is 236 g/mol. The highest BCUT2D eigenvalue weighted by Gasteiger charge is 2.80. The number of hydrogen-bond acceptors (Lipinski definition) is 2. The minimum atomic E-state index is 0.0975. The molecular formula is C15H24O2. The van der Waals surface area contributed by atoms with Crippen molar-refractivity contribution in [3.05, 3.63) is 0 Å². The Labute approximate surface area is 104 Å². The Morgan fingerprint density at radius 1 is 1.29 bits per heavy atom. The number of rotatable bonds is 1. The van der Waals surface area contributed by atoms with E-state index in [-0.39, 0.29) is 16.7 Å². The van der Waals surface area contributed by atoms with Crippen molar-refractivity contribution < 1.29 is 9.53 Å². The first-order chi connectivity index (χ1) is 7.83. The van der Waals surface area contributed by atoms with Crippen LogP contribution in [0.3, 0.4) is 0 Å². The van der Waals surface area contributed by atoms with Gasteiger partial charge in [0.25, 0.3) is 0 Å². The Bertz CT molecular complexity index is 386. The van der Waals surface area contributed by atoms with Crippen molar-refractivity contribution in [2.24, 2.45) is 28.1 Å². The van der Waals surface area contributed by atoms with Crippen LogP contribution in [0, 0.1) is 28.1 Å². The molecule has 96 valence electrons. The van der Waals surface area contributed by atoms with Crippen LogP contribution in [0.25, 0.3) is 0 Å². The predicted molar refractivity (Wildman–Crippen MR) is 66.6 cm³/mol. The van der Waals surface area contributed by atoms with Crippen molar-refractivity contribution >= 4 is 5.78 Å². The molecule has 0 saturated heterocycles. The van der Waals surface area contributed by atoms with E-state index < -0.39 is 0 Å². The molecular weight excluding hydrogens is 212 g/mol. The Balaban J connectivity index is 2.11. The van der Waals surface area contributed by atoms with Crippen LogP contribution in [0.5, 0.6) is 0 Å². The van der Waals surface area contributed by atoms with Crippen molar-refractivity contribution in [1.29, 1.82) is 0 Å². The maximum atomic E-state index is 12.4. The molecule has 3 fully saturated rings. The summed E-state index contributed by atoms with van der Waals surface area (Å²) in [5.41, 5.74) is 0.545. The summed E-state index contributed by atoms with van der Waals surface area (Å²) < 4.78 is 5.72. The normalized spacial score (nSPS) is 55.4. The summed E-state index contributed by atoms with van der Waals surface area (Å²) in [4.78, 5) is 12.4. The van der Waals surface area contributed by atoms with Crippen LogP contribution in [0.1, 0.15) is 47.0 Å². The summed E-state index contributed by atoms with van der Waals surface area (Å²) >= 11 is 0. The monoisotopic (exact) mass is 236 g/mol. The number of ether oxygens (including phenoxy) is 1. The van der Waals surface area contributed by atoms with Gasteiger partial charge in [0.1, 0.15) is 5.78 Å². The highest BCUT2D eigenvalue weighted by atomic mass is 16.5. The maximum Gasteiger partial charge on any atom is 0.139 e. The highest BCUT2D eigenvalue weighted by Crippen LogP contribution is 2.81. The van der Waals surface area contributed by atoms with Crippen LogP contribution >= 0.6 is 0 Å². The first-order valence-corrected chi connectivity index (χ1v) is 6.89. The van der Waals surface area contributed by atoms with Gasteiger partial charge in [-0.05, 0) is 35.5 Å². The Morgan fingerprint density at radius 3 is 2.53 bits per heavy atom. The molecule has 2 heteroatoms. The van der Waals surface area contributed by atoms with Gasteiger partial charge < -0.3 is 4.74 Å². The van der Waals surface area contributed by atoms with E-state index in [1.807, 2.05) is 7.11 Å². The van der Waals surface area contributed by atoms with Crippen LogP contribution in [-0.2, 0) is 9.53 Å². The molecule has 0 aromatic rings. The van der Waals surface area contributed by atoms with Gasteiger partial charge >= 0.3 is 0 Å². The molecule has 0 aromatic heterocycles. The highest BCUT2D eigenvalue weighted by molar-refractivity contribution is 5.91. The Kier molecular flexibility index (Phi) is 2.04. The van der Waals surface area contributed by atoms with Crippen LogP contribution in [0.15, 0.2) is 0 Å². The molecule has 17 heavy (non-hydrogen) atoms. The average Bonchev–Trinajstić information content (AvgIpc) is 2.96. The third-order valence-electron chi connectivity index (χ3n) is 7.03. The quantitative estimate of drug-likeness (QED) is 0.699. The molecule has 3 aliphatic carbocycles. The topological polar surface area (TPSA) is 26.3 Å². The Hall–Kier alpha value is -0.370. The zero-order chi connectivity index (χ0) is 12.6. The van der Waals surface area contributed by atoms with E-state index in [2.05, 4.69) is 27.7 Å². The van der Waals surface area contributed by atoms with Gasteiger partial charge in [-0.2, -0.15) is 0 Å². The first-order valence-electron chi connectivity index (χ1n) is 6.89. The standard InChI is InChI=1S/C15H24O2/c1-9-12(16)10-8-15(10)7-6-11(17-5)13(2,3)14(9,15)4/h9-11H,6-8H2,1-5H3/t9-,10+,11+,14-,15+/m1/s1. The smallest absolute Gasteiger partial charge is 0.139 e. The van der Waals surface area contributed by atoms with Crippen LogP contribution in [0.4, 0.5) is 0 Å². The summed E-state index contributed by atoms with van der Waals surface area (Å²) in [6, 6.07) is 0. The molecule has 0 radical (unpaired) electrons. The van der Waals surface area contributed by atoms with Crippen LogP contribution < -0.4 is 0 Å². The molecule has 2 nitrogen and oxygen atoms in total. The predicted octanol–water partition coefficient (Wildman–Crippen LogP) is 3.05. The maximum absolute atomic E-state index is 12.4. The summed E-state index contributed by atoms with van der Waals surface area (Å²) in [5, 5.41) is 0. The van der Waals surface area contributed by atoms with Crippen molar-refractivity contribution in [3.63, 3.8) is 0 Å². The molecule has 0 unspecified atom stereocenters. The largest absolute Gasteiger partial charge is 0.381 e. The summed E-state index contributed by atoms with van der Waals surface area (Å²) in [5.74, 6) is 1.10. The number of Topliss-reactive ketones (excluding diaryl/α,β-unsaturated/α-hetero) is 1. The summed E-state index contributed by atoms with van der Waals surface area (Å²) in [6.07, 6.45) is 3.75. The molecule has 3 rings (SSSR count). The van der Waals surface area contributed by atoms with Gasteiger partial charge in [0.15, 0.2) is 0 Å². The first kappa shape index (κ1) is 11.7. The Morgan fingerprint density at radius 2 is 1.94 bits per heavy atom. The fraction of sp³-hybridized carbons (Fsp3) is 0.933. The zero-order valence-electron chi connectivity index (χ0n) is 11.7. The zero-order valence-corrected chi connectivity index (χ0v) is 11.7. The molecule has 3 aliphatic rings. The van der Waals surface area contributed by atoms with E-state index in [0.29, 0.717) is 23.2 Å². The van der Waals surface area contributed by atoms with Crippen LogP contribution in [-0.4, -0.2) is 19.0 Å². The van der Waals surface area contributed by atoms with E-state index in [9.17, 15) is 4.79 Å². The van der Waals surface area contributed by atoms with Crippen molar-refractivity contribution in [2.75, 3.05) is 7.11 Å². The lowest BCUT2D eigenvalue weighted by Gasteiger charge is -2.57. The molecule has 0 aliphatic heterocycles. The van der Waals surface area contributed by atoms with Gasteiger partial charge in [-0.15, -0.1) is 0 Å². The van der Waals surface area contributed by atoms with E-state index in [1.54, 1.807) is 0 Å². The van der Waals surface area contributed by atoms with Crippen molar-refractivity contribution in [1.82, 2.24) is 0 Å². The van der Waals surface area contributed by atoms with Crippen LogP contribution in [0.2, 0.25) is 0 Å². The third-order valence-corrected chi connectivity index (χ3v) is 7.03. The van der Waals surface area contributed by atoms with Gasteiger partial charge in [-0.3, -0.25) is 4.79 Å². The lowest BCUT2D eigenvalue weighted by atomic mass is 9.48. The second-order valence-corrected chi connectivity index (χ2v) is 7.22. The molecule has 0 bridgehead atoms. The lowest BCUT2D eigenvalue weighted by molar-refractivity contribution is -0.157. The van der Waals surface area contributed by atoms with E-state index in [0.717, 1.165) is 12.8 Å². The third kappa shape index (κ3) is 0.973. The SMILES string of the molecule is CO[C@H]1CC[C@]23C[C@H]2C(=O)[C@@H](C)[C@]3(C)C1(C)C. The summed E-state index contributed by atoms with van der Waals surface area (Å²) in [6.45, 7) is 9.13. The fourth-order valence-electron chi connectivity index (χ4n) is 5.50. The molecule has 0 amide bonds. The van der Waals surface area contributed by atoms with Gasteiger partial charge in [0, 0.05) is 18.9 Å². The number of ketones is 1. The van der Waals surface area contributed by atoms with E-state index in [1.165, 1.54) is 6.42 Å². The minimum Gasteiger partial charge on any atom is -0.381 e. The summed E-state index contributed by atoms with van der Waals surface area (Å²) in [7, 11) is 1.82. The number of methoxy groups -OCH3 is 1. The second kappa shape index (κ2) is 2.96. The van der Waals surface area contributed by atoms with Gasteiger partial charge in [-0.25, -0.2) is 0 Å². The lowest BCUT2D eigenvalue weighted by Crippen LogP contribution is -2.56. The number of hydrogen-bond donors (Lipinski definition) is 0. The molecule has 1 spiro atoms. The van der Waals surface area contributed by atoms with Crippen molar-refractivity contribution in [3.8, 4) is 0 Å². The van der Waals surface area contributed by atoms with E-state index in [4.69, 9.17) is 4.74 Å².